The zero-order valence-electron chi connectivity index (χ0n) is 14.0. The van der Waals surface area contributed by atoms with Crippen molar-refractivity contribution in [3.63, 3.8) is 0 Å². The second kappa shape index (κ2) is 8.26. The monoisotopic (exact) mass is 457 g/mol. The van der Waals surface area contributed by atoms with E-state index in [1.54, 1.807) is 6.92 Å². The number of carbonyl (C=O) groups is 1. The molecule has 1 aliphatic carbocycles. The zero-order chi connectivity index (χ0) is 19.5. The van der Waals surface area contributed by atoms with E-state index in [4.69, 9.17) is 4.74 Å². The minimum Gasteiger partial charge on any atom is -0.462 e. The zero-order valence-corrected chi connectivity index (χ0v) is 16.4. The van der Waals surface area contributed by atoms with Crippen molar-refractivity contribution >= 4 is 31.9 Å². The molecule has 0 aliphatic heterocycles. The molecule has 2 unspecified atom stereocenters. The summed E-state index contributed by atoms with van der Waals surface area (Å²) in [7, 11) is -4.03. The van der Waals surface area contributed by atoms with Crippen LogP contribution in [0.4, 0.5) is 13.2 Å². The molecule has 1 aromatic carbocycles. The average Bonchev–Trinajstić information content (AvgIpc) is 2.53. The van der Waals surface area contributed by atoms with Gasteiger partial charge in [0.15, 0.2) is 0 Å². The van der Waals surface area contributed by atoms with Gasteiger partial charge in [-0.1, -0.05) is 6.42 Å². The number of alkyl halides is 3. The van der Waals surface area contributed by atoms with Crippen molar-refractivity contribution in [2.75, 3.05) is 6.61 Å². The van der Waals surface area contributed by atoms with E-state index in [0.29, 0.717) is 12.8 Å². The molecule has 0 saturated heterocycles. The lowest BCUT2D eigenvalue weighted by atomic mass is 9.86. The Morgan fingerprint density at radius 3 is 2.62 bits per heavy atom. The van der Waals surface area contributed by atoms with E-state index < -0.39 is 34.1 Å². The number of sulfonamides is 1. The van der Waals surface area contributed by atoms with Crippen LogP contribution < -0.4 is 4.72 Å². The molecule has 0 aromatic heterocycles. The number of nitrogens with one attached hydrogen (secondary N) is 1. The summed E-state index contributed by atoms with van der Waals surface area (Å²) in [6.07, 6.45) is -3.93. The molecular formula is C16H19BrF3NO4S. The van der Waals surface area contributed by atoms with E-state index in [0.717, 1.165) is 0 Å². The van der Waals surface area contributed by atoms with Gasteiger partial charge >= 0.3 is 12.1 Å². The summed E-state index contributed by atoms with van der Waals surface area (Å²) in [6, 6.07) is 3.06. The molecule has 1 saturated carbocycles. The van der Waals surface area contributed by atoms with Crippen LogP contribution in [0, 0.1) is 5.92 Å². The van der Waals surface area contributed by atoms with Crippen molar-refractivity contribution in [2.45, 2.75) is 49.7 Å². The van der Waals surface area contributed by atoms with Crippen molar-refractivity contribution in [2.24, 2.45) is 5.92 Å². The number of halogens is 4. The van der Waals surface area contributed by atoms with E-state index in [2.05, 4.69) is 20.7 Å². The van der Waals surface area contributed by atoms with Gasteiger partial charge in [-0.15, -0.1) is 0 Å². The van der Waals surface area contributed by atoms with E-state index >= 15 is 0 Å². The third kappa shape index (κ3) is 5.20. The van der Waals surface area contributed by atoms with Gasteiger partial charge in [-0.25, -0.2) is 17.9 Å². The van der Waals surface area contributed by atoms with Gasteiger partial charge in [0.25, 0.3) is 0 Å². The molecule has 0 spiro atoms. The minimum atomic E-state index is -4.33. The van der Waals surface area contributed by atoms with Gasteiger partial charge in [0.2, 0.25) is 10.0 Å². The highest BCUT2D eigenvalue weighted by molar-refractivity contribution is 9.10. The molecule has 0 bridgehead atoms. The van der Waals surface area contributed by atoms with Gasteiger partial charge in [0, 0.05) is 10.5 Å². The summed E-state index contributed by atoms with van der Waals surface area (Å²) in [5, 5.41) is 0. The van der Waals surface area contributed by atoms with E-state index in [-0.39, 0.29) is 34.4 Å². The van der Waals surface area contributed by atoms with Gasteiger partial charge < -0.3 is 4.74 Å². The standard InChI is InChI=1S/C16H19BrF3NO4S/c1-2-25-15(22)10-6-7-14(13(17)8-10)26(23,24)21-12-5-3-4-11(9-12)16(18,19)20/h6-8,11-12,21H,2-5,9H2,1H3. The lowest BCUT2D eigenvalue weighted by Gasteiger charge is -2.30. The van der Waals surface area contributed by atoms with Crippen LogP contribution in [0.15, 0.2) is 27.6 Å². The number of hydrogen-bond acceptors (Lipinski definition) is 4. The Morgan fingerprint density at radius 1 is 1.35 bits per heavy atom. The molecule has 0 radical (unpaired) electrons. The molecule has 0 amide bonds. The second-order valence-corrected chi connectivity index (χ2v) is 8.63. The largest absolute Gasteiger partial charge is 0.462 e. The Morgan fingerprint density at radius 2 is 2.04 bits per heavy atom. The first kappa shape index (κ1) is 21.2. The topological polar surface area (TPSA) is 72.5 Å². The van der Waals surface area contributed by atoms with E-state index in [9.17, 15) is 26.4 Å². The SMILES string of the molecule is CCOC(=O)c1ccc(S(=O)(=O)NC2CCCC(C(F)(F)F)C2)c(Br)c1. The molecule has 10 heteroatoms. The first-order chi connectivity index (χ1) is 12.0. The maximum atomic E-state index is 12.9. The lowest BCUT2D eigenvalue weighted by molar-refractivity contribution is -0.183. The number of carbonyl (C=O) groups excluding carboxylic acids is 1. The van der Waals surface area contributed by atoms with Gasteiger partial charge in [-0.2, -0.15) is 13.2 Å². The molecule has 26 heavy (non-hydrogen) atoms. The normalized spacial score (nSPS) is 21.4. The first-order valence-corrected chi connectivity index (χ1v) is 10.4. The highest BCUT2D eigenvalue weighted by Crippen LogP contribution is 2.38. The quantitative estimate of drug-likeness (QED) is 0.677. The molecule has 146 valence electrons. The van der Waals surface area contributed by atoms with Crippen molar-refractivity contribution in [3.8, 4) is 0 Å². The third-order valence-electron chi connectivity index (χ3n) is 4.19. The summed E-state index contributed by atoms with van der Waals surface area (Å²) < 4.78 is 71.1. The number of hydrogen-bond donors (Lipinski definition) is 1. The van der Waals surface area contributed by atoms with Gasteiger partial charge in [-0.3, -0.25) is 0 Å². The lowest BCUT2D eigenvalue weighted by Crippen LogP contribution is -2.41. The van der Waals surface area contributed by atoms with Crippen molar-refractivity contribution in [3.05, 3.63) is 28.2 Å². The van der Waals surface area contributed by atoms with Crippen molar-refractivity contribution < 1.29 is 31.1 Å². The summed E-state index contributed by atoms with van der Waals surface area (Å²) in [5.74, 6) is -2.09. The predicted molar refractivity (Wildman–Crippen MR) is 92.2 cm³/mol. The number of ether oxygens (including phenoxy) is 1. The second-order valence-electron chi connectivity index (χ2n) is 6.09. The number of rotatable bonds is 5. The van der Waals surface area contributed by atoms with Gasteiger partial charge in [0.05, 0.1) is 23.0 Å². The smallest absolute Gasteiger partial charge is 0.391 e. The molecule has 1 N–H and O–H groups in total. The van der Waals surface area contributed by atoms with Crippen LogP contribution in [0.2, 0.25) is 0 Å². The third-order valence-corrected chi connectivity index (χ3v) is 6.69. The van der Waals surface area contributed by atoms with Gasteiger partial charge in [0.1, 0.15) is 0 Å². The summed E-state index contributed by atoms with van der Waals surface area (Å²) >= 11 is 3.10. The minimum absolute atomic E-state index is 0.0136. The predicted octanol–water partition coefficient (Wildman–Crippen LogP) is 4.03. The fourth-order valence-electron chi connectivity index (χ4n) is 2.94. The van der Waals surface area contributed by atoms with Crippen LogP contribution in [0.3, 0.4) is 0 Å². The van der Waals surface area contributed by atoms with Crippen LogP contribution >= 0.6 is 15.9 Å². The maximum Gasteiger partial charge on any atom is 0.391 e. The number of benzene rings is 1. The van der Waals surface area contributed by atoms with Gasteiger partial charge in [-0.05, 0) is 60.3 Å². The molecule has 1 aromatic rings. The Labute approximate surface area is 158 Å². The molecule has 2 atom stereocenters. The molecule has 1 fully saturated rings. The molecular weight excluding hydrogens is 439 g/mol. The van der Waals surface area contributed by atoms with Crippen LogP contribution in [0.25, 0.3) is 0 Å². The van der Waals surface area contributed by atoms with Crippen LogP contribution in [0.5, 0.6) is 0 Å². The van der Waals surface area contributed by atoms with Crippen LogP contribution in [-0.2, 0) is 14.8 Å². The Bertz CT molecular complexity index is 767. The number of esters is 1. The molecule has 5 nitrogen and oxygen atoms in total. The fraction of sp³-hybridized carbons (Fsp3) is 0.562. The fourth-order valence-corrected chi connectivity index (χ4v) is 5.30. The summed E-state index contributed by atoms with van der Waals surface area (Å²) in [5.41, 5.74) is 0.174. The Balaban J connectivity index is 2.16. The maximum absolute atomic E-state index is 12.9. The first-order valence-electron chi connectivity index (χ1n) is 8.10. The molecule has 2 rings (SSSR count). The van der Waals surface area contributed by atoms with Crippen molar-refractivity contribution in [1.29, 1.82) is 0 Å². The van der Waals surface area contributed by atoms with Crippen LogP contribution in [-0.4, -0.2) is 33.2 Å². The molecule has 0 heterocycles. The Kier molecular flexibility index (Phi) is 6.73. The van der Waals surface area contributed by atoms with E-state index in [1.165, 1.54) is 18.2 Å². The van der Waals surface area contributed by atoms with Crippen LogP contribution in [0.1, 0.15) is 43.0 Å². The summed E-state index contributed by atoms with van der Waals surface area (Å²) in [6.45, 7) is 1.83. The molecule has 1 aliphatic rings. The highest BCUT2D eigenvalue weighted by Gasteiger charge is 2.43. The average molecular weight is 458 g/mol. The highest BCUT2D eigenvalue weighted by atomic mass is 79.9. The Hall–Kier alpha value is -1.13. The summed E-state index contributed by atoms with van der Waals surface area (Å²) in [4.78, 5) is 11.6. The van der Waals surface area contributed by atoms with E-state index in [1.807, 2.05) is 0 Å². The van der Waals surface area contributed by atoms with Crippen molar-refractivity contribution in [1.82, 2.24) is 4.72 Å².